The quantitative estimate of drug-likeness (QED) is 0.381. The minimum absolute atomic E-state index is 0.0115. The van der Waals surface area contributed by atoms with Gasteiger partial charge in [-0.25, -0.2) is 12.8 Å². The Labute approximate surface area is 220 Å². The molecule has 0 heterocycles. The fraction of sp³-hybridized carbons (Fsp3) is 0.462. The number of carbonyl (C=O) groups is 2. The number of halogens is 4. The van der Waals surface area contributed by atoms with Gasteiger partial charge in [-0.15, -0.1) is 0 Å². The third-order valence-corrected chi connectivity index (χ3v) is 7.24. The smallest absolute Gasteiger partial charge is 0.352 e. The number of nitrogens with zero attached hydrogens (tertiary/aromatic N) is 2. The Bertz CT molecular complexity index is 1200. The maximum Gasteiger partial charge on any atom is 0.416 e. The zero-order chi connectivity index (χ0) is 28.7. The van der Waals surface area contributed by atoms with Crippen molar-refractivity contribution in [1.82, 2.24) is 10.2 Å². The van der Waals surface area contributed by atoms with Crippen LogP contribution in [0.5, 0.6) is 0 Å². The zero-order valence-corrected chi connectivity index (χ0v) is 22.6. The van der Waals surface area contributed by atoms with E-state index in [0.29, 0.717) is 12.0 Å². The van der Waals surface area contributed by atoms with Crippen molar-refractivity contribution in [2.24, 2.45) is 0 Å². The van der Waals surface area contributed by atoms with E-state index < -0.39 is 39.5 Å². The highest BCUT2D eigenvalue weighted by molar-refractivity contribution is 7.92. The first-order valence-electron chi connectivity index (χ1n) is 12.1. The van der Waals surface area contributed by atoms with Crippen LogP contribution in [0.1, 0.15) is 51.2 Å². The molecule has 7 nitrogen and oxygen atoms in total. The van der Waals surface area contributed by atoms with Crippen molar-refractivity contribution in [3.05, 3.63) is 65.5 Å². The highest BCUT2D eigenvalue weighted by atomic mass is 32.2. The largest absolute Gasteiger partial charge is 0.416 e. The minimum atomic E-state index is -4.65. The Hall–Kier alpha value is -3.15. The fourth-order valence-electron chi connectivity index (χ4n) is 3.68. The van der Waals surface area contributed by atoms with E-state index in [2.05, 4.69) is 5.32 Å². The lowest BCUT2D eigenvalue weighted by Gasteiger charge is -2.30. The molecular formula is C26H33F4N3O4S. The Morgan fingerprint density at radius 1 is 1.05 bits per heavy atom. The van der Waals surface area contributed by atoms with Gasteiger partial charge in [0.25, 0.3) is 0 Å². The van der Waals surface area contributed by atoms with Crippen molar-refractivity contribution in [2.75, 3.05) is 17.1 Å². The van der Waals surface area contributed by atoms with Gasteiger partial charge in [0.05, 0.1) is 17.5 Å². The molecule has 0 saturated carbocycles. The van der Waals surface area contributed by atoms with Gasteiger partial charge in [0.2, 0.25) is 21.8 Å². The molecule has 0 unspecified atom stereocenters. The van der Waals surface area contributed by atoms with Crippen LogP contribution >= 0.6 is 0 Å². The molecule has 2 aromatic carbocycles. The molecule has 38 heavy (non-hydrogen) atoms. The predicted molar refractivity (Wildman–Crippen MR) is 137 cm³/mol. The molecule has 0 aliphatic rings. The second-order valence-electron chi connectivity index (χ2n) is 9.13. The molecule has 0 spiro atoms. The molecule has 0 saturated heterocycles. The lowest BCUT2D eigenvalue weighted by atomic mass is 10.1. The van der Waals surface area contributed by atoms with Gasteiger partial charge in [-0.2, -0.15) is 13.2 Å². The standard InChI is InChI=1S/C26H33F4N3O4S/c1-5-18(2)31-25(35)19(3)32(17-20-11-13-22(27)14-12-20)24(34)10-7-15-33(38(4,36)37)23-9-6-8-21(16-23)26(28,29)30/h6,8-9,11-14,16,18-19H,5,7,10,15,17H2,1-4H3,(H,31,35)/t18-,19+/m1/s1. The van der Waals surface area contributed by atoms with Crippen LogP contribution in [-0.4, -0.2) is 50.0 Å². The number of benzene rings is 2. The average Bonchev–Trinajstić information content (AvgIpc) is 2.84. The molecule has 2 amide bonds. The average molecular weight is 560 g/mol. The summed E-state index contributed by atoms with van der Waals surface area (Å²) in [5.41, 5.74) is -0.574. The highest BCUT2D eigenvalue weighted by Gasteiger charge is 2.32. The van der Waals surface area contributed by atoms with Crippen molar-refractivity contribution in [3.63, 3.8) is 0 Å². The lowest BCUT2D eigenvalue weighted by Crippen LogP contribution is -2.49. The van der Waals surface area contributed by atoms with Gasteiger partial charge in [-0.1, -0.05) is 25.1 Å². The second-order valence-corrected chi connectivity index (χ2v) is 11.0. The summed E-state index contributed by atoms with van der Waals surface area (Å²) in [4.78, 5) is 27.3. The van der Waals surface area contributed by atoms with E-state index in [1.807, 2.05) is 13.8 Å². The molecule has 0 aliphatic heterocycles. The monoisotopic (exact) mass is 559 g/mol. The Morgan fingerprint density at radius 2 is 1.68 bits per heavy atom. The Balaban J connectivity index is 2.21. The molecule has 0 fully saturated rings. The zero-order valence-electron chi connectivity index (χ0n) is 21.8. The van der Waals surface area contributed by atoms with E-state index in [0.717, 1.165) is 28.8 Å². The number of amides is 2. The molecule has 1 N–H and O–H groups in total. The molecule has 2 aromatic rings. The van der Waals surface area contributed by atoms with E-state index >= 15 is 0 Å². The van der Waals surface area contributed by atoms with Crippen LogP contribution in [0, 0.1) is 5.82 Å². The third-order valence-electron chi connectivity index (χ3n) is 6.05. The van der Waals surface area contributed by atoms with E-state index in [1.165, 1.54) is 35.2 Å². The van der Waals surface area contributed by atoms with Gasteiger partial charge in [0, 0.05) is 25.6 Å². The summed E-state index contributed by atoms with van der Waals surface area (Å²) in [5.74, 6) is -1.29. The fourth-order valence-corrected chi connectivity index (χ4v) is 4.63. The number of alkyl halides is 3. The van der Waals surface area contributed by atoms with E-state index in [1.54, 1.807) is 6.92 Å². The van der Waals surface area contributed by atoms with Crippen LogP contribution in [0.3, 0.4) is 0 Å². The van der Waals surface area contributed by atoms with Crippen LogP contribution in [0.2, 0.25) is 0 Å². The van der Waals surface area contributed by atoms with Crippen molar-refractivity contribution in [2.45, 2.75) is 64.8 Å². The van der Waals surface area contributed by atoms with Crippen molar-refractivity contribution >= 4 is 27.5 Å². The molecule has 210 valence electrons. The summed E-state index contributed by atoms with van der Waals surface area (Å²) in [6.45, 7) is 5.05. The summed E-state index contributed by atoms with van der Waals surface area (Å²) >= 11 is 0. The van der Waals surface area contributed by atoms with E-state index in [4.69, 9.17) is 0 Å². The number of hydrogen-bond acceptors (Lipinski definition) is 4. The number of anilines is 1. The van der Waals surface area contributed by atoms with Gasteiger partial charge in [0.15, 0.2) is 0 Å². The Morgan fingerprint density at radius 3 is 2.24 bits per heavy atom. The molecule has 2 rings (SSSR count). The summed E-state index contributed by atoms with van der Waals surface area (Å²) in [6, 6.07) is 8.41. The van der Waals surface area contributed by atoms with E-state index in [-0.39, 0.29) is 43.6 Å². The van der Waals surface area contributed by atoms with Crippen LogP contribution < -0.4 is 9.62 Å². The van der Waals surface area contributed by atoms with Crippen LogP contribution in [0.15, 0.2) is 48.5 Å². The summed E-state index contributed by atoms with van der Waals surface area (Å²) in [7, 11) is -3.96. The summed E-state index contributed by atoms with van der Waals surface area (Å²) < 4.78 is 78.3. The first-order chi connectivity index (χ1) is 17.6. The molecule has 0 bridgehead atoms. The van der Waals surface area contributed by atoms with Gasteiger partial charge in [-0.05, 0) is 62.6 Å². The molecule has 0 radical (unpaired) electrons. The first kappa shape index (κ1) is 31.1. The first-order valence-corrected chi connectivity index (χ1v) is 14.0. The molecule has 12 heteroatoms. The SMILES string of the molecule is CC[C@@H](C)NC(=O)[C@H](C)N(Cc1ccc(F)cc1)C(=O)CCCN(c1cccc(C(F)(F)F)c1)S(C)(=O)=O. The number of nitrogens with one attached hydrogen (secondary N) is 1. The van der Waals surface area contributed by atoms with Crippen molar-refractivity contribution in [3.8, 4) is 0 Å². The number of hydrogen-bond donors (Lipinski definition) is 1. The predicted octanol–water partition coefficient (Wildman–Crippen LogP) is 4.72. The number of carbonyl (C=O) groups excluding carboxylic acids is 2. The normalized spacial score (nSPS) is 13.5. The summed E-state index contributed by atoms with van der Waals surface area (Å²) in [6.07, 6.45) is -3.28. The highest BCUT2D eigenvalue weighted by Crippen LogP contribution is 2.32. The number of rotatable bonds is 12. The topological polar surface area (TPSA) is 86.8 Å². The molecule has 2 atom stereocenters. The molecule has 0 aliphatic carbocycles. The second kappa shape index (κ2) is 13.1. The van der Waals surface area contributed by atoms with Crippen molar-refractivity contribution < 1.29 is 35.6 Å². The van der Waals surface area contributed by atoms with Crippen molar-refractivity contribution in [1.29, 1.82) is 0 Å². The van der Waals surface area contributed by atoms with Crippen LogP contribution in [0.25, 0.3) is 0 Å². The maximum absolute atomic E-state index is 13.4. The Kier molecular flexibility index (Phi) is 10.7. The van der Waals surface area contributed by atoms with Gasteiger partial charge in [-0.3, -0.25) is 13.9 Å². The molecule has 0 aromatic heterocycles. The van der Waals surface area contributed by atoms with Gasteiger partial charge >= 0.3 is 6.18 Å². The lowest BCUT2D eigenvalue weighted by molar-refractivity contribution is -0.140. The van der Waals surface area contributed by atoms with Gasteiger partial charge < -0.3 is 10.2 Å². The maximum atomic E-state index is 13.4. The van der Waals surface area contributed by atoms with E-state index in [9.17, 15) is 35.6 Å². The minimum Gasteiger partial charge on any atom is -0.352 e. The van der Waals surface area contributed by atoms with Crippen LogP contribution in [-0.2, 0) is 32.3 Å². The third kappa shape index (κ3) is 9.00. The van der Waals surface area contributed by atoms with Crippen LogP contribution in [0.4, 0.5) is 23.2 Å². The molecular weight excluding hydrogens is 526 g/mol. The number of sulfonamides is 1. The summed E-state index contributed by atoms with van der Waals surface area (Å²) in [5, 5.41) is 2.82. The van der Waals surface area contributed by atoms with Gasteiger partial charge in [0.1, 0.15) is 11.9 Å².